The molecule has 1 unspecified atom stereocenters. The van der Waals surface area contributed by atoms with Gasteiger partial charge in [-0.25, -0.2) is 0 Å². The molecule has 2 heterocycles. The summed E-state index contributed by atoms with van der Waals surface area (Å²) >= 11 is 0. The van der Waals surface area contributed by atoms with E-state index in [1.807, 2.05) is 7.05 Å². The van der Waals surface area contributed by atoms with Gasteiger partial charge in [0, 0.05) is 58.0 Å². The largest absolute Gasteiger partial charge is 0.369 e. The minimum atomic E-state index is 0.452. The molecule has 0 aliphatic carbocycles. The summed E-state index contributed by atoms with van der Waals surface area (Å²) in [6, 6.07) is 11.1. The summed E-state index contributed by atoms with van der Waals surface area (Å²) in [5.74, 6) is 0.928. The predicted octanol–water partition coefficient (Wildman–Crippen LogP) is 1.07. The van der Waals surface area contributed by atoms with Crippen molar-refractivity contribution in [2.24, 2.45) is 4.99 Å². The van der Waals surface area contributed by atoms with Crippen LogP contribution < -0.4 is 15.5 Å². The van der Waals surface area contributed by atoms with Crippen LogP contribution in [0.1, 0.15) is 12.8 Å². The number of rotatable bonds is 5. The van der Waals surface area contributed by atoms with E-state index in [4.69, 9.17) is 0 Å². The van der Waals surface area contributed by atoms with Gasteiger partial charge in [-0.05, 0) is 45.1 Å². The Morgan fingerprint density at radius 2 is 1.96 bits per heavy atom. The van der Waals surface area contributed by atoms with Crippen molar-refractivity contribution in [2.45, 2.75) is 18.9 Å². The summed E-state index contributed by atoms with van der Waals surface area (Å²) in [5, 5.41) is 7.09. The number of para-hydroxylation sites is 1. The van der Waals surface area contributed by atoms with Crippen LogP contribution in [0.15, 0.2) is 35.3 Å². The molecular weight excluding hydrogens is 324 g/mol. The molecule has 0 bridgehead atoms. The molecule has 6 nitrogen and oxygen atoms in total. The average molecular weight is 359 g/mol. The van der Waals surface area contributed by atoms with Gasteiger partial charge in [0.15, 0.2) is 5.96 Å². The van der Waals surface area contributed by atoms with E-state index in [0.717, 1.165) is 38.6 Å². The zero-order valence-corrected chi connectivity index (χ0v) is 16.3. The van der Waals surface area contributed by atoms with E-state index in [1.165, 1.54) is 38.3 Å². The van der Waals surface area contributed by atoms with Crippen LogP contribution in [0.25, 0.3) is 0 Å². The van der Waals surface area contributed by atoms with E-state index in [-0.39, 0.29) is 0 Å². The molecule has 3 rings (SSSR count). The Balaban J connectivity index is 1.38. The zero-order valence-electron chi connectivity index (χ0n) is 16.3. The van der Waals surface area contributed by atoms with Gasteiger partial charge >= 0.3 is 0 Å². The molecule has 2 aliphatic heterocycles. The van der Waals surface area contributed by atoms with Crippen LogP contribution >= 0.6 is 0 Å². The first kappa shape index (κ1) is 19.0. The number of likely N-dealkylation sites (N-methyl/N-ethyl adjacent to an activating group) is 1. The number of benzene rings is 1. The fraction of sp³-hybridized carbons (Fsp3) is 0.650. The summed E-state index contributed by atoms with van der Waals surface area (Å²) in [6.45, 7) is 8.90. The maximum atomic E-state index is 4.41. The smallest absolute Gasteiger partial charge is 0.191 e. The van der Waals surface area contributed by atoms with Gasteiger partial charge in [0.25, 0.3) is 0 Å². The monoisotopic (exact) mass is 358 g/mol. The van der Waals surface area contributed by atoms with Gasteiger partial charge in [0.05, 0.1) is 0 Å². The molecule has 0 radical (unpaired) electrons. The van der Waals surface area contributed by atoms with Crippen molar-refractivity contribution in [3.8, 4) is 0 Å². The van der Waals surface area contributed by atoms with E-state index in [2.05, 4.69) is 67.7 Å². The molecule has 2 aliphatic rings. The molecule has 0 amide bonds. The molecule has 2 saturated heterocycles. The summed E-state index contributed by atoms with van der Waals surface area (Å²) in [5.41, 5.74) is 1.31. The van der Waals surface area contributed by atoms with Crippen molar-refractivity contribution >= 4 is 11.6 Å². The maximum Gasteiger partial charge on any atom is 0.191 e. The second kappa shape index (κ2) is 9.78. The lowest BCUT2D eigenvalue weighted by Crippen LogP contribution is -2.46. The van der Waals surface area contributed by atoms with Gasteiger partial charge in [-0.15, -0.1) is 0 Å². The normalized spacial score (nSPS) is 23.1. The third-order valence-electron chi connectivity index (χ3n) is 5.41. The van der Waals surface area contributed by atoms with Gasteiger partial charge in [0.2, 0.25) is 0 Å². The molecule has 0 saturated carbocycles. The van der Waals surface area contributed by atoms with Crippen molar-refractivity contribution in [3.05, 3.63) is 30.3 Å². The van der Waals surface area contributed by atoms with Crippen molar-refractivity contribution in [1.82, 2.24) is 20.4 Å². The molecule has 6 heteroatoms. The third-order valence-corrected chi connectivity index (χ3v) is 5.41. The number of aliphatic imine (C=N–C) groups is 1. The number of nitrogens with zero attached hydrogens (tertiary/aromatic N) is 4. The van der Waals surface area contributed by atoms with Crippen molar-refractivity contribution in [1.29, 1.82) is 0 Å². The van der Waals surface area contributed by atoms with E-state index >= 15 is 0 Å². The fourth-order valence-corrected chi connectivity index (χ4v) is 3.80. The van der Waals surface area contributed by atoms with Gasteiger partial charge in [-0.2, -0.15) is 0 Å². The van der Waals surface area contributed by atoms with E-state index in [1.54, 1.807) is 0 Å². The van der Waals surface area contributed by atoms with Crippen LogP contribution in [0, 0.1) is 0 Å². The SMILES string of the molecule is CN=C(NCCN1CCCN(C)CC1)NC1CCN(c2ccccc2)C1. The second-order valence-electron chi connectivity index (χ2n) is 7.41. The Kier molecular flexibility index (Phi) is 7.14. The first-order chi connectivity index (χ1) is 12.7. The summed E-state index contributed by atoms with van der Waals surface area (Å²) < 4.78 is 0. The lowest BCUT2D eigenvalue weighted by Gasteiger charge is -2.22. The van der Waals surface area contributed by atoms with Crippen molar-refractivity contribution in [3.63, 3.8) is 0 Å². The van der Waals surface area contributed by atoms with Crippen LogP contribution in [0.2, 0.25) is 0 Å². The van der Waals surface area contributed by atoms with Gasteiger partial charge in [0.1, 0.15) is 0 Å². The van der Waals surface area contributed by atoms with E-state index < -0.39 is 0 Å². The Labute approximate surface area is 158 Å². The number of hydrogen-bond acceptors (Lipinski definition) is 4. The molecule has 2 N–H and O–H groups in total. The molecule has 144 valence electrons. The Morgan fingerprint density at radius 3 is 2.77 bits per heavy atom. The number of hydrogen-bond donors (Lipinski definition) is 2. The predicted molar refractivity (Wildman–Crippen MR) is 110 cm³/mol. The minimum absolute atomic E-state index is 0.452. The summed E-state index contributed by atoms with van der Waals surface area (Å²) in [4.78, 5) is 11.8. The standard InChI is InChI=1S/C20H34N6/c1-21-20(22-10-14-25-12-6-11-24(2)15-16-25)23-18-9-13-26(17-18)19-7-4-3-5-8-19/h3-5,7-8,18H,6,9-17H2,1-2H3,(H2,21,22,23). The molecule has 0 aromatic heterocycles. The van der Waals surface area contributed by atoms with Gasteiger partial charge in [-0.1, -0.05) is 18.2 Å². The van der Waals surface area contributed by atoms with Crippen LogP contribution in [-0.4, -0.2) is 88.3 Å². The Hall–Kier alpha value is -1.79. The third kappa shape index (κ3) is 5.61. The quantitative estimate of drug-likeness (QED) is 0.609. The fourth-order valence-electron chi connectivity index (χ4n) is 3.80. The Bertz CT molecular complexity index is 561. The number of nitrogens with one attached hydrogen (secondary N) is 2. The van der Waals surface area contributed by atoms with Gasteiger partial charge < -0.3 is 25.3 Å². The molecule has 1 aromatic carbocycles. The molecule has 26 heavy (non-hydrogen) atoms. The topological polar surface area (TPSA) is 46.1 Å². The number of guanidine groups is 1. The van der Waals surface area contributed by atoms with Crippen molar-refractivity contribution < 1.29 is 0 Å². The average Bonchev–Trinajstić information content (AvgIpc) is 3.04. The molecule has 1 aromatic rings. The van der Waals surface area contributed by atoms with E-state index in [9.17, 15) is 0 Å². The zero-order chi connectivity index (χ0) is 18.2. The van der Waals surface area contributed by atoms with Gasteiger partial charge in [-0.3, -0.25) is 4.99 Å². The number of anilines is 1. The van der Waals surface area contributed by atoms with Crippen LogP contribution in [0.4, 0.5) is 5.69 Å². The highest BCUT2D eigenvalue weighted by Gasteiger charge is 2.23. The first-order valence-corrected chi connectivity index (χ1v) is 9.92. The lowest BCUT2D eigenvalue weighted by atomic mass is 10.3. The minimum Gasteiger partial charge on any atom is -0.369 e. The van der Waals surface area contributed by atoms with Crippen LogP contribution in [0.3, 0.4) is 0 Å². The maximum absolute atomic E-state index is 4.41. The molecule has 0 spiro atoms. The highest BCUT2D eigenvalue weighted by atomic mass is 15.3. The summed E-state index contributed by atoms with van der Waals surface area (Å²) in [7, 11) is 4.08. The second-order valence-corrected chi connectivity index (χ2v) is 7.41. The molecule has 1 atom stereocenters. The highest BCUT2D eigenvalue weighted by Crippen LogP contribution is 2.19. The van der Waals surface area contributed by atoms with E-state index in [0.29, 0.717) is 6.04 Å². The highest BCUT2D eigenvalue weighted by molar-refractivity contribution is 5.80. The lowest BCUT2D eigenvalue weighted by molar-refractivity contribution is 0.280. The Morgan fingerprint density at radius 1 is 1.12 bits per heavy atom. The molecular formula is C20H34N6. The van der Waals surface area contributed by atoms with Crippen LogP contribution in [-0.2, 0) is 0 Å². The van der Waals surface area contributed by atoms with Crippen molar-refractivity contribution in [2.75, 3.05) is 71.4 Å². The van der Waals surface area contributed by atoms with Crippen LogP contribution in [0.5, 0.6) is 0 Å². The molecule has 2 fully saturated rings. The summed E-state index contributed by atoms with van der Waals surface area (Å²) in [6.07, 6.45) is 2.41. The first-order valence-electron chi connectivity index (χ1n) is 9.92.